The van der Waals surface area contributed by atoms with Gasteiger partial charge >= 0.3 is 11.9 Å². The maximum Gasteiger partial charge on any atom is 0.339 e. The van der Waals surface area contributed by atoms with Gasteiger partial charge in [-0.3, -0.25) is 19.3 Å². The smallest absolute Gasteiger partial charge is 0.339 e. The molecule has 0 aromatic heterocycles. The van der Waals surface area contributed by atoms with E-state index < -0.39 is 36.4 Å². The number of rotatable bonds is 7. The fourth-order valence-electron chi connectivity index (χ4n) is 3.15. The summed E-state index contributed by atoms with van der Waals surface area (Å²) in [4.78, 5) is 49.5. The molecule has 1 unspecified atom stereocenters. The molecule has 2 saturated heterocycles. The fraction of sp³-hybridized carbons (Fsp3) is 0.391. The highest BCUT2D eigenvalue weighted by atomic mass is 16.7. The fourth-order valence-corrected chi connectivity index (χ4v) is 3.15. The van der Waals surface area contributed by atoms with Gasteiger partial charge in [-0.1, -0.05) is 42.5 Å². The van der Waals surface area contributed by atoms with Crippen LogP contribution in [-0.4, -0.2) is 48.1 Å². The quantitative estimate of drug-likeness (QED) is 0.217. The summed E-state index contributed by atoms with van der Waals surface area (Å²) in [7, 11) is 0. The van der Waals surface area contributed by atoms with Crippen molar-refractivity contribution in [2.75, 3.05) is 6.79 Å². The predicted molar refractivity (Wildman–Crippen MR) is 110 cm³/mol. The highest BCUT2D eigenvalue weighted by Gasteiger charge is 2.55. The van der Waals surface area contributed by atoms with Gasteiger partial charge in [0, 0.05) is 5.57 Å². The van der Waals surface area contributed by atoms with Gasteiger partial charge < -0.3 is 14.2 Å². The molecule has 8 heteroatoms. The van der Waals surface area contributed by atoms with Crippen molar-refractivity contribution < 1.29 is 33.4 Å². The first-order chi connectivity index (χ1) is 14.7. The second-order valence-electron chi connectivity index (χ2n) is 8.27. The van der Waals surface area contributed by atoms with Crippen LogP contribution < -0.4 is 0 Å². The van der Waals surface area contributed by atoms with Gasteiger partial charge in [0.2, 0.25) is 12.7 Å². The lowest BCUT2D eigenvalue weighted by atomic mass is 9.98. The van der Waals surface area contributed by atoms with E-state index in [0.29, 0.717) is 6.29 Å². The number of benzene rings is 1. The van der Waals surface area contributed by atoms with Crippen molar-refractivity contribution in [3.8, 4) is 0 Å². The van der Waals surface area contributed by atoms with E-state index in [1.54, 1.807) is 26.8 Å². The van der Waals surface area contributed by atoms with Crippen LogP contribution in [-0.2, 0) is 33.4 Å². The van der Waals surface area contributed by atoms with Crippen LogP contribution in [0.4, 0.5) is 0 Å². The topological polar surface area (TPSA) is 99.2 Å². The highest BCUT2D eigenvalue weighted by Crippen LogP contribution is 2.38. The first kappa shape index (κ1) is 22.3. The van der Waals surface area contributed by atoms with Crippen molar-refractivity contribution in [2.24, 2.45) is 5.41 Å². The van der Waals surface area contributed by atoms with E-state index in [2.05, 4.69) is 0 Å². The molecule has 2 aliphatic rings. The van der Waals surface area contributed by atoms with Crippen LogP contribution in [0.5, 0.6) is 0 Å². The van der Waals surface area contributed by atoms with Crippen molar-refractivity contribution in [2.45, 2.75) is 45.9 Å². The van der Waals surface area contributed by atoms with E-state index in [-0.39, 0.29) is 30.1 Å². The summed E-state index contributed by atoms with van der Waals surface area (Å²) in [5.41, 5.74) is 0.450. The Labute approximate surface area is 180 Å². The minimum atomic E-state index is -1.18. The minimum absolute atomic E-state index is 0.0932. The predicted octanol–water partition coefficient (Wildman–Crippen LogP) is 2.59. The van der Waals surface area contributed by atoms with Crippen LogP contribution >= 0.6 is 0 Å². The van der Waals surface area contributed by atoms with E-state index in [0.717, 1.165) is 5.56 Å². The number of amides is 1. The summed E-state index contributed by atoms with van der Waals surface area (Å²) >= 11 is 0. The molecule has 2 aliphatic heterocycles. The number of ether oxygens (including phenoxy) is 3. The zero-order chi connectivity index (χ0) is 22.6. The second kappa shape index (κ2) is 9.16. The molecule has 2 fully saturated rings. The molecule has 0 radical (unpaired) electrons. The van der Waals surface area contributed by atoms with Gasteiger partial charge in [0.05, 0.1) is 11.8 Å². The van der Waals surface area contributed by atoms with Crippen LogP contribution in [0.2, 0.25) is 0 Å². The Morgan fingerprint density at radius 1 is 1.19 bits per heavy atom. The molecule has 1 aromatic rings. The van der Waals surface area contributed by atoms with Gasteiger partial charge in [0.25, 0.3) is 0 Å². The lowest BCUT2D eigenvalue weighted by molar-refractivity contribution is -0.179. The Morgan fingerprint density at radius 2 is 1.90 bits per heavy atom. The van der Waals surface area contributed by atoms with Gasteiger partial charge in [0.15, 0.2) is 12.3 Å². The molecule has 3 rings (SSSR count). The van der Waals surface area contributed by atoms with Gasteiger partial charge in [-0.05, 0) is 32.8 Å². The molecule has 1 aromatic carbocycles. The lowest BCUT2D eigenvalue weighted by Gasteiger charge is -2.33. The Bertz CT molecular complexity index is 927. The van der Waals surface area contributed by atoms with Gasteiger partial charge in [-0.2, -0.15) is 0 Å². The summed E-state index contributed by atoms with van der Waals surface area (Å²) in [6.07, 6.45) is 3.97. The molecule has 0 N–H and O–H groups in total. The van der Waals surface area contributed by atoms with Crippen molar-refractivity contribution in [1.29, 1.82) is 0 Å². The number of carbonyl (C=O) groups is 4. The van der Waals surface area contributed by atoms with E-state index in [9.17, 15) is 19.2 Å². The van der Waals surface area contributed by atoms with Crippen molar-refractivity contribution in [3.05, 3.63) is 53.3 Å². The molecule has 0 spiro atoms. The third-order valence-electron chi connectivity index (χ3n) is 4.87. The van der Waals surface area contributed by atoms with E-state index >= 15 is 0 Å². The maximum atomic E-state index is 12.7. The second-order valence-corrected chi connectivity index (χ2v) is 8.27. The molecule has 0 aliphatic carbocycles. The summed E-state index contributed by atoms with van der Waals surface area (Å²) in [6, 6.07) is 8.35. The summed E-state index contributed by atoms with van der Waals surface area (Å²) in [5, 5.41) is 0. The highest BCUT2D eigenvalue weighted by molar-refractivity contribution is 5.93. The van der Waals surface area contributed by atoms with Crippen LogP contribution in [0.3, 0.4) is 0 Å². The number of aldehydes is 1. The summed E-state index contributed by atoms with van der Waals surface area (Å²) < 4.78 is 15.7. The number of hydrogen-bond acceptors (Lipinski definition) is 7. The first-order valence-electron chi connectivity index (χ1n) is 9.94. The third-order valence-corrected chi connectivity index (χ3v) is 4.87. The van der Waals surface area contributed by atoms with Crippen LogP contribution in [0.25, 0.3) is 6.08 Å². The molecule has 8 nitrogen and oxygen atoms in total. The lowest BCUT2D eigenvalue weighted by Crippen LogP contribution is -2.55. The van der Waals surface area contributed by atoms with Crippen molar-refractivity contribution >= 4 is 30.2 Å². The maximum absolute atomic E-state index is 12.7. The summed E-state index contributed by atoms with van der Waals surface area (Å²) in [6.45, 7) is 4.43. The number of hydrogen-bond donors (Lipinski definition) is 0. The standard InChI is InChI=1S/C23H25NO7/c1-23(2,3)22(28)30-14-29-21(27)19-20(31-18-12-17(26)24(18)19)16(13-25)11-7-10-15-8-5-4-6-9-15/h4-10,13,18-19H,11-12,14H2,1-3H3/b10-7+,20-16+/t18-,19?/m1/s1. The van der Waals surface area contributed by atoms with Crippen LogP contribution in [0.1, 0.15) is 39.2 Å². The SMILES string of the molecule is CC(C)(C)C(=O)OCOC(=O)C1/C(=C(\C=O)C/C=C/c2ccccc2)O[C@@H]2CC(=O)N12. The normalized spacial score (nSPS) is 21.8. The Balaban J connectivity index is 1.73. The molecule has 0 saturated carbocycles. The van der Waals surface area contributed by atoms with E-state index in [1.807, 2.05) is 36.4 Å². The molecule has 164 valence electrons. The zero-order valence-corrected chi connectivity index (χ0v) is 17.7. The average molecular weight is 427 g/mol. The molecule has 31 heavy (non-hydrogen) atoms. The molecule has 1 amide bonds. The molecule has 2 atom stereocenters. The van der Waals surface area contributed by atoms with Crippen molar-refractivity contribution in [3.63, 3.8) is 0 Å². The number of β-lactam (4-membered cyclic amide) rings is 1. The Hall–Kier alpha value is -3.42. The number of esters is 2. The number of carbonyl (C=O) groups excluding carboxylic acids is 4. The van der Waals surface area contributed by atoms with Crippen LogP contribution in [0.15, 0.2) is 47.7 Å². The van der Waals surface area contributed by atoms with Crippen LogP contribution in [0, 0.1) is 5.41 Å². The Kier molecular flexibility index (Phi) is 6.58. The van der Waals surface area contributed by atoms with Gasteiger partial charge in [-0.15, -0.1) is 0 Å². The minimum Gasteiger partial charge on any atom is -0.471 e. The van der Waals surface area contributed by atoms with E-state index in [4.69, 9.17) is 14.2 Å². The number of fused-ring (bicyclic) bond motifs is 1. The number of allylic oxidation sites excluding steroid dienone is 2. The van der Waals surface area contributed by atoms with Gasteiger partial charge in [0.1, 0.15) is 12.0 Å². The average Bonchev–Trinajstić information content (AvgIpc) is 3.04. The number of nitrogens with zero attached hydrogens (tertiary/aromatic N) is 1. The Morgan fingerprint density at radius 3 is 2.52 bits per heavy atom. The van der Waals surface area contributed by atoms with E-state index in [1.165, 1.54) is 4.90 Å². The first-order valence-corrected chi connectivity index (χ1v) is 9.94. The molecular weight excluding hydrogens is 402 g/mol. The molecular formula is C23H25NO7. The largest absolute Gasteiger partial charge is 0.471 e. The zero-order valence-electron chi connectivity index (χ0n) is 17.7. The molecule has 0 bridgehead atoms. The monoisotopic (exact) mass is 427 g/mol. The van der Waals surface area contributed by atoms with Crippen molar-refractivity contribution in [1.82, 2.24) is 4.90 Å². The third kappa shape index (κ3) is 5.02. The van der Waals surface area contributed by atoms with Gasteiger partial charge in [-0.25, -0.2) is 4.79 Å². The summed E-state index contributed by atoms with van der Waals surface area (Å²) in [5.74, 6) is -1.54. The molecule has 2 heterocycles.